The predicted molar refractivity (Wildman–Crippen MR) is 103 cm³/mol. The standard InChI is InChI=1S/C21H30N2O5S/c1-23-7-6-22-19(23)29(24,25)13-14-2-4-20(5-3-14)26-21(28-27-20)17-9-15-8-16(11-17)12-18(21)10-15/h6-7,14-18H,2-5,8-13H2,1H3. The van der Waals surface area contributed by atoms with Gasteiger partial charge in [0, 0.05) is 44.1 Å². The van der Waals surface area contributed by atoms with Gasteiger partial charge >= 0.3 is 0 Å². The molecule has 29 heavy (non-hydrogen) atoms. The lowest BCUT2D eigenvalue weighted by Crippen LogP contribution is -2.59. The summed E-state index contributed by atoms with van der Waals surface area (Å²) >= 11 is 0. The quantitative estimate of drug-likeness (QED) is 0.696. The van der Waals surface area contributed by atoms with Crippen LogP contribution in [0.1, 0.15) is 57.8 Å². The molecule has 5 saturated carbocycles. The van der Waals surface area contributed by atoms with Crippen molar-refractivity contribution in [3.63, 3.8) is 0 Å². The average Bonchev–Trinajstić information content (AvgIpc) is 3.27. The smallest absolute Gasteiger partial charge is 0.227 e. The number of sulfone groups is 1. The summed E-state index contributed by atoms with van der Waals surface area (Å²) in [5.41, 5.74) is 0. The lowest BCUT2D eigenvalue weighted by molar-refractivity contribution is -0.390. The van der Waals surface area contributed by atoms with E-state index in [0.717, 1.165) is 24.7 Å². The molecule has 1 aromatic heterocycles. The van der Waals surface area contributed by atoms with Crippen LogP contribution in [0.25, 0.3) is 0 Å². The minimum absolute atomic E-state index is 0.101. The second-order valence-electron chi connectivity index (χ2n) is 10.3. The summed E-state index contributed by atoms with van der Waals surface area (Å²) in [5.74, 6) is 1.62. The third-order valence-electron chi connectivity index (χ3n) is 8.32. The van der Waals surface area contributed by atoms with Crippen LogP contribution in [0, 0.1) is 29.6 Å². The van der Waals surface area contributed by atoms with Crippen LogP contribution in [0.15, 0.2) is 17.6 Å². The van der Waals surface area contributed by atoms with Gasteiger partial charge in [-0.2, -0.15) is 9.78 Å². The van der Waals surface area contributed by atoms with E-state index in [0.29, 0.717) is 24.7 Å². The minimum atomic E-state index is -3.38. The Labute approximate surface area is 172 Å². The van der Waals surface area contributed by atoms with E-state index in [1.165, 1.54) is 38.3 Å². The molecule has 2 heterocycles. The number of nitrogens with zero attached hydrogens (tertiary/aromatic N) is 2. The lowest BCUT2D eigenvalue weighted by Gasteiger charge is -2.57. The first-order valence-electron chi connectivity index (χ1n) is 11.1. The van der Waals surface area contributed by atoms with Crippen molar-refractivity contribution >= 4 is 9.84 Å². The summed E-state index contributed by atoms with van der Waals surface area (Å²) in [6, 6.07) is 0. The molecule has 6 fully saturated rings. The average molecular weight is 423 g/mol. The van der Waals surface area contributed by atoms with Gasteiger partial charge in [-0.1, -0.05) is 0 Å². The number of rotatable bonds is 3. The van der Waals surface area contributed by atoms with Crippen molar-refractivity contribution in [1.82, 2.24) is 9.55 Å². The fourth-order valence-corrected chi connectivity index (χ4v) is 8.94. The molecule has 7 nitrogen and oxygen atoms in total. The van der Waals surface area contributed by atoms with E-state index in [4.69, 9.17) is 14.5 Å². The monoisotopic (exact) mass is 422 g/mol. The number of aromatic nitrogens is 2. The fourth-order valence-electron chi connectivity index (χ4n) is 7.12. The summed E-state index contributed by atoms with van der Waals surface area (Å²) in [7, 11) is -1.66. The van der Waals surface area contributed by atoms with Crippen LogP contribution >= 0.6 is 0 Å². The Morgan fingerprint density at radius 2 is 1.72 bits per heavy atom. The molecule has 160 valence electrons. The topological polar surface area (TPSA) is 79.7 Å². The Morgan fingerprint density at radius 3 is 2.31 bits per heavy atom. The second kappa shape index (κ2) is 6.28. The molecule has 1 saturated heterocycles. The summed E-state index contributed by atoms with van der Waals surface area (Å²) in [4.78, 5) is 16.0. The molecule has 1 aliphatic heterocycles. The number of aryl methyl sites for hydroxylation is 1. The van der Waals surface area contributed by atoms with Gasteiger partial charge in [0.1, 0.15) is 0 Å². The van der Waals surface area contributed by atoms with Crippen molar-refractivity contribution in [2.45, 2.75) is 74.5 Å². The Hall–Kier alpha value is -0.960. The Morgan fingerprint density at radius 1 is 1.07 bits per heavy atom. The maximum atomic E-state index is 12.7. The molecular formula is C21H30N2O5S. The van der Waals surface area contributed by atoms with Gasteiger partial charge in [0.25, 0.3) is 0 Å². The van der Waals surface area contributed by atoms with E-state index < -0.39 is 21.4 Å². The van der Waals surface area contributed by atoms with E-state index in [9.17, 15) is 8.42 Å². The van der Waals surface area contributed by atoms with Crippen LogP contribution in [0.5, 0.6) is 0 Å². The largest absolute Gasteiger partial charge is 0.325 e. The zero-order valence-electron chi connectivity index (χ0n) is 17.0. The zero-order valence-corrected chi connectivity index (χ0v) is 17.8. The molecule has 1 aromatic rings. The third kappa shape index (κ3) is 2.86. The molecule has 4 bridgehead atoms. The Kier molecular flexibility index (Phi) is 4.07. The zero-order chi connectivity index (χ0) is 19.9. The van der Waals surface area contributed by atoms with Crippen molar-refractivity contribution in [3.05, 3.63) is 12.4 Å². The molecule has 0 aromatic carbocycles. The van der Waals surface area contributed by atoms with E-state index in [1.54, 1.807) is 17.8 Å². The van der Waals surface area contributed by atoms with Crippen LogP contribution in [-0.2, 0) is 31.4 Å². The molecular weight excluding hydrogens is 392 g/mol. The molecule has 2 spiro atoms. The van der Waals surface area contributed by atoms with Crippen LogP contribution in [-0.4, -0.2) is 35.3 Å². The normalized spacial score (nSPS) is 46.2. The summed E-state index contributed by atoms with van der Waals surface area (Å²) in [5, 5.41) is 0.155. The van der Waals surface area contributed by atoms with E-state index in [-0.39, 0.29) is 16.8 Å². The minimum Gasteiger partial charge on any atom is -0.325 e. The molecule has 6 aliphatic rings. The summed E-state index contributed by atoms with van der Waals surface area (Å²) in [6.07, 6.45) is 12.3. The first-order valence-corrected chi connectivity index (χ1v) is 12.8. The first-order chi connectivity index (χ1) is 13.9. The van der Waals surface area contributed by atoms with E-state index >= 15 is 0 Å². The number of imidazole rings is 1. The molecule has 0 radical (unpaired) electrons. The van der Waals surface area contributed by atoms with E-state index in [1.807, 2.05) is 0 Å². The molecule has 0 N–H and O–H groups in total. The van der Waals surface area contributed by atoms with Gasteiger partial charge in [0.2, 0.25) is 26.6 Å². The van der Waals surface area contributed by atoms with E-state index in [2.05, 4.69) is 4.98 Å². The lowest BCUT2D eigenvalue weighted by atomic mass is 9.53. The highest BCUT2D eigenvalue weighted by atomic mass is 32.2. The molecule has 0 amide bonds. The Balaban J connectivity index is 1.13. The molecule has 0 unspecified atom stereocenters. The molecule has 5 aliphatic carbocycles. The van der Waals surface area contributed by atoms with Crippen molar-refractivity contribution in [1.29, 1.82) is 0 Å². The van der Waals surface area contributed by atoms with Gasteiger partial charge in [-0.3, -0.25) is 0 Å². The van der Waals surface area contributed by atoms with Gasteiger partial charge in [-0.25, -0.2) is 13.4 Å². The maximum Gasteiger partial charge on any atom is 0.227 e. The highest BCUT2D eigenvalue weighted by molar-refractivity contribution is 7.91. The van der Waals surface area contributed by atoms with Gasteiger partial charge in [0.15, 0.2) is 0 Å². The van der Waals surface area contributed by atoms with Gasteiger partial charge in [-0.15, -0.1) is 0 Å². The predicted octanol–water partition coefficient (Wildman–Crippen LogP) is 3.21. The van der Waals surface area contributed by atoms with Gasteiger partial charge in [0.05, 0.1) is 5.75 Å². The van der Waals surface area contributed by atoms with Crippen LogP contribution in [0.3, 0.4) is 0 Å². The number of hydrogen-bond donors (Lipinski definition) is 0. The van der Waals surface area contributed by atoms with Crippen molar-refractivity contribution in [2.75, 3.05) is 5.75 Å². The van der Waals surface area contributed by atoms with Gasteiger partial charge in [-0.05, 0) is 62.7 Å². The summed E-state index contributed by atoms with van der Waals surface area (Å²) < 4.78 is 33.8. The van der Waals surface area contributed by atoms with Crippen LogP contribution < -0.4 is 0 Å². The van der Waals surface area contributed by atoms with Crippen molar-refractivity contribution in [2.24, 2.45) is 36.6 Å². The highest BCUT2D eigenvalue weighted by Gasteiger charge is 2.66. The molecule has 7 rings (SSSR count). The van der Waals surface area contributed by atoms with Gasteiger partial charge < -0.3 is 9.30 Å². The summed E-state index contributed by atoms with van der Waals surface area (Å²) in [6.45, 7) is 0. The highest BCUT2D eigenvalue weighted by Crippen LogP contribution is 2.63. The second-order valence-corrected chi connectivity index (χ2v) is 12.2. The van der Waals surface area contributed by atoms with Crippen LogP contribution in [0.4, 0.5) is 0 Å². The SMILES string of the molecule is Cn1ccnc1S(=O)(=O)CC1CCC2(CC1)OOC1(O2)C2CC3CC(C2)CC1C3. The third-order valence-corrected chi connectivity index (χ3v) is 10.2. The fraction of sp³-hybridized carbons (Fsp3) is 0.857. The van der Waals surface area contributed by atoms with Crippen molar-refractivity contribution < 1.29 is 22.9 Å². The van der Waals surface area contributed by atoms with Crippen molar-refractivity contribution in [3.8, 4) is 0 Å². The number of ether oxygens (including phenoxy) is 1. The number of hydrogen-bond acceptors (Lipinski definition) is 6. The van der Waals surface area contributed by atoms with Crippen LogP contribution in [0.2, 0.25) is 0 Å². The first kappa shape index (κ1) is 18.8. The maximum absolute atomic E-state index is 12.7. The molecule has 8 heteroatoms. The molecule has 0 atom stereocenters. The Bertz CT molecular complexity index is 874.